The van der Waals surface area contributed by atoms with E-state index in [4.69, 9.17) is 10.7 Å². The van der Waals surface area contributed by atoms with Crippen LogP contribution in [0, 0.1) is 0 Å². The summed E-state index contributed by atoms with van der Waals surface area (Å²) in [5, 5.41) is 11.1. The molecule has 3 aromatic heterocycles. The number of nitrogens with two attached hydrogens (primary N) is 1. The summed E-state index contributed by atoms with van der Waals surface area (Å²) in [5.74, 6) is 1.31. The van der Waals surface area contributed by atoms with E-state index in [0.29, 0.717) is 17.9 Å². The number of nitrogens with zero attached hydrogens (tertiary/aromatic N) is 4. The SMILES string of the molecule is Nc1cc([C@H](Cc2nc3cccc(-c4ccccc4)c3[nH]2)c2ccccc2)c2nn[nH]c2n1. The Morgan fingerprint density at radius 2 is 1.64 bits per heavy atom. The van der Waals surface area contributed by atoms with E-state index in [2.05, 4.69) is 55.7 Å². The minimum Gasteiger partial charge on any atom is -0.384 e. The molecule has 0 aliphatic rings. The normalized spacial score (nSPS) is 12.4. The van der Waals surface area contributed by atoms with E-state index >= 15 is 0 Å². The third-order valence-electron chi connectivity index (χ3n) is 5.97. The number of aromatic amines is 2. The number of hydrogen-bond acceptors (Lipinski definition) is 5. The Kier molecular flexibility index (Phi) is 4.58. The average molecular weight is 432 g/mol. The second-order valence-corrected chi connectivity index (χ2v) is 8.06. The van der Waals surface area contributed by atoms with Gasteiger partial charge in [0.15, 0.2) is 5.65 Å². The fourth-order valence-electron chi connectivity index (χ4n) is 4.47. The van der Waals surface area contributed by atoms with Crippen LogP contribution in [-0.4, -0.2) is 30.4 Å². The zero-order valence-corrected chi connectivity index (χ0v) is 17.7. The van der Waals surface area contributed by atoms with Crippen molar-refractivity contribution in [1.82, 2.24) is 30.4 Å². The summed E-state index contributed by atoms with van der Waals surface area (Å²) in [6.45, 7) is 0. The molecule has 1 atom stereocenters. The van der Waals surface area contributed by atoms with Gasteiger partial charge in [0, 0.05) is 17.9 Å². The first-order valence-corrected chi connectivity index (χ1v) is 10.8. The first-order valence-electron chi connectivity index (χ1n) is 10.8. The molecule has 0 saturated carbocycles. The summed E-state index contributed by atoms with van der Waals surface area (Å²) in [5.41, 5.74) is 13.8. The average Bonchev–Trinajstić information content (AvgIpc) is 3.49. The number of aromatic nitrogens is 6. The van der Waals surface area contributed by atoms with E-state index in [1.165, 1.54) is 0 Å². The van der Waals surface area contributed by atoms with E-state index in [0.717, 1.165) is 44.6 Å². The Morgan fingerprint density at radius 1 is 0.848 bits per heavy atom. The molecule has 0 aliphatic carbocycles. The first kappa shape index (κ1) is 19.2. The molecular weight excluding hydrogens is 410 g/mol. The molecule has 33 heavy (non-hydrogen) atoms. The number of benzene rings is 3. The molecular formula is C26H21N7. The van der Waals surface area contributed by atoms with E-state index in [1.807, 2.05) is 54.6 Å². The third-order valence-corrected chi connectivity index (χ3v) is 5.97. The van der Waals surface area contributed by atoms with Gasteiger partial charge in [0.1, 0.15) is 17.2 Å². The van der Waals surface area contributed by atoms with E-state index < -0.39 is 0 Å². The monoisotopic (exact) mass is 431 g/mol. The Labute approximate surface area is 189 Å². The maximum atomic E-state index is 6.13. The van der Waals surface area contributed by atoms with E-state index in [-0.39, 0.29) is 5.92 Å². The van der Waals surface area contributed by atoms with Crippen molar-refractivity contribution in [2.75, 3.05) is 5.73 Å². The number of fused-ring (bicyclic) bond motifs is 2. The van der Waals surface area contributed by atoms with Crippen LogP contribution in [0.2, 0.25) is 0 Å². The van der Waals surface area contributed by atoms with Crippen molar-refractivity contribution in [3.63, 3.8) is 0 Å². The zero-order valence-electron chi connectivity index (χ0n) is 17.7. The maximum absolute atomic E-state index is 6.13. The topological polar surface area (TPSA) is 109 Å². The number of imidazole rings is 1. The van der Waals surface area contributed by atoms with Gasteiger partial charge < -0.3 is 10.7 Å². The summed E-state index contributed by atoms with van der Waals surface area (Å²) in [7, 11) is 0. The minimum atomic E-state index is -0.0233. The van der Waals surface area contributed by atoms with Crippen molar-refractivity contribution in [2.24, 2.45) is 0 Å². The van der Waals surface area contributed by atoms with Gasteiger partial charge in [-0.2, -0.15) is 0 Å². The lowest BCUT2D eigenvalue weighted by molar-refractivity contribution is 0.771. The number of para-hydroxylation sites is 1. The van der Waals surface area contributed by atoms with Crippen molar-refractivity contribution in [3.8, 4) is 11.1 Å². The molecule has 0 bridgehead atoms. The highest BCUT2D eigenvalue weighted by molar-refractivity contribution is 5.92. The van der Waals surface area contributed by atoms with Crippen LogP contribution in [-0.2, 0) is 6.42 Å². The van der Waals surface area contributed by atoms with Crippen LogP contribution >= 0.6 is 0 Å². The number of H-pyrrole nitrogens is 2. The van der Waals surface area contributed by atoms with Crippen LogP contribution in [0.4, 0.5) is 5.82 Å². The van der Waals surface area contributed by atoms with Gasteiger partial charge >= 0.3 is 0 Å². The highest BCUT2D eigenvalue weighted by Crippen LogP contribution is 2.34. The first-order chi connectivity index (χ1) is 16.3. The van der Waals surface area contributed by atoms with Crippen molar-refractivity contribution in [3.05, 3.63) is 102 Å². The summed E-state index contributed by atoms with van der Waals surface area (Å²) in [6, 6.07) is 28.8. The molecule has 0 spiro atoms. The van der Waals surface area contributed by atoms with Crippen LogP contribution < -0.4 is 5.73 Å². The molecule has 0 amide bonds. The second-order valence-electron chi connectivity index (χ2n) is 8.06. The van der Waals surface area contributed by atoms with Crippen molar-refractivity contribution < 1.29 is 0 Å². The molecule has 7 nitrogen and oxygen atoms in total. The summed E-state index contributed by atoms with van der Waals surface area (Å²) < 4.78 is 0. The summed E-state index contributed by atoms with van der Waals surface area (Å²) in [6.07, 6.45) is 0.651. The molecule has 0 aliphatic heterocycles. The van der Waals surface area contributed by atoms with Gasteiger partial charge in [-0.05, 0) is 28.8 Å². The molecule has 0 saturated heterocycles. The van der Waals surface area contributed by atoms with Crippen LogP contribution in [0.25, 0.3) is 33.3 Å². The lowest BCUT2D eigenvalue weighted by Gasteiger charge is -2.17. The lowest BCUT2D eigenvalue weighted by Crippen LogP contribution is -2.08. The van der Waals surface area contributed by atoms with Gasteiger partial charge in [-0.1, -0.05) is 78.0 Å². The standard InChI is InChI=1S/C26H21N7/c27-22-14-20(25-26(29-22)32-33-31-25)19(17-10-5-2-6-11-17)15-23-28-21-13-7-12-18(24(21)30-23)16-8-3-1-4-9-16/h1-14,19H,15H2,(H,28,30)(H3,27,29,31,32,33)/t19-/m1/s1. The summed E-state index contributed by atoms with van der Waals surface area (Å²) in [4.78, 5) is 12.9. The molecule has 3 aromatic carbocycles. The number of anilines is 1. The predicted octanol–water partition coefficient (Wildman–Crippen LogP) is 4.85. The molecule has 6 aromatic rings. The van der Waals surface area contributed by atoms with Gasteiger partial charge in [0.25, 0.3) is 0 Å². The molecule has 0 fully saturated rings. The van der Waals surface area contributed by atoms with Crippen molar-refractivity contribution in [1.29, 1.82) is 0 Å². The molecule has 0 radical (unpaired) electrons. The lowest BCUT2D eigenvalue weighted by atomic mass is 9.88. The zero-order chi connectivity index (χ0) is 22.2. The second kappa shape index (κ2) is 7.87. The third kappa shape index (κ3) is 3.49. The number of pyridine rings is 1. The van der Waals surface area contributed by atoms with E-state index in [1.54, 1.807) is 0 Å². The Bertz CT molecular complexity index is 1550. The smallest absolute Gasteiger partial charge is 0.178 e. The minimum absolute atomic E-state index is 0.0233. The van der Waals surface area contributed by atoms with Crippen LogP contribution in [0.1, 0.15) is 22.9 Å². The highest BCUT2D eigenvalue weighted by Gasteiger charge is 2.22. The van der Waals surface area contributed by atoms with Gasteiger partial charge in [0.2, 0.25) is 0 Å². The summed E-state index contributed by atoms with van der Waals surface area (Å²) >= 11 is 0. The molecule has 0 unspecified atom stereocenters. The van der Waals surface area contributed by atoms with Crippen LogP contribution in [0.15, 0.2) is 84.9 Å². The van der Waals surface area contributed by atoms with Gasteiger partial charge in [-0.3, -0.25) is 0 Å². The Morgan fingerprint density at radius 3 is 2.45 bits per heavy atom. The number of hydrogen-bond donors (Lipinski definition) is 3. The van der Waals surface area contributed by atoms with Crippen molar-refractivity contribution >= 4 is 28.0 Å². The maximum Gasteiger partial charge on any atom is 0.178 e. The molecule has 3 heterocycles. The highest BCUT2D eigenvalue weighted by atomic mass is 15.3. The van der Waals surface area contributed by atoms with Gasteiger partial charge in [0.05, 0.1) is 11.0 Å². The van der Waals surface area contributed by atoms with E-state index in [9.17, 15) is 0 Å². The predicted molar refractivity (Wildman–Crippen MR) is 130 cm³/mol. The van der Waals surface area contributed by atoms with Gasteiger partial charge in [-0.25, -0.2) is 15.1 Å². The number of nitrogens with one attached hydrogen (secondary N) is 2. The molecule has 160 valence electrons. The number of rotatable bonds is 5. The van der Waals surface area contributed by atoms with Crippen LogP contribution in [0.3, 0.4) is 0 Å². The largest absolute Gasteiger partial charge is 0.384 e. The fraction of sp³-hybridized carbons (Fsp3) is 0.0769. The Hall–Kier alpha value is -4.52. The Balaban J connectivity index is 1.48. The van der Waals surface area contributed by atoms with Gasteiger partial charge in [-0.15, -0.1) is 5.10 Å². The quantitative estimate of drug-likeness (QED) is 0.361. The van der Waals surface area contributed by atoms with Crippen molar-refractivity contribution in [2.45, 2.75) is 12.3 Å². The molecule has 7 heteroatoms. The molecule has 4 N–H and O–H groups in total. The molecule has 6 rings (SSSR count). The number of nitrogen functional groups attached to an aromatic ring is 1. The fourth-order valence-corrected chi connectivity index (χ4v) is 4.47. The van der Waals surface area contributed by atoms with Crippen LogP contribution in [0.5, 0.6) is 0 Å².